The Labute approximate surface area is 161 Å². The molecule has 7 nitrogen and oxygen atoms in total. The van der Waals surface area contributed by atoms with E-state index in [-0.39, 0.29) is 5.97 Å². The molecular weight excluding hydrogens is 366 g/mol. The first kappa shape index (κ1) is 18.9. The maximum atomic E-state index is 12.2. The van der Waals surface area contributed by atoms with Gasteiger partial charge in [0, 0.05) is 6.07 Å². The van der Waals surface area contributed by atoms with E-state index in [1.807, 2.05) is 26.0 Å². The van der Waals surface area contributed by atoms with E-state index in [1.165, 1.54) is 11.3 Å². The zero-order valence-corrected chi connectivity index (χ0v) is 16.7. The molecule has 1 N–H and O–H groups in total. The highest BCUT2D eigenvalue weighted by Crippen LogP contribution is 2.37. The second kappa shape index (κ2) is 7.79. The van der Waals surface area contributed by atoms with Crippen molar-refractivity contribution in [3.63, 3.8) is 0 Å². The number of nitrogens with zero attached hydrogens (tertiary/aromatic N) is 2. The van der Waals surface area contributed by atoms with Gasteiger partial charge in [0.25, 0.3) is 0 Å². The first-order chi connectivity index (χ1) is 13.0. The van der Waals surface area contributed by atoms with Crippen LogP contribution in [0.2, 0.25) is 0 Å². The van der Waals surface area contributed by atoms with E-state index in [0.717, 1.165) is 21.5 Å². The van der Waals surface area contributed by atoms with Gasteiger partial charge >= 0.3 is 5.97 Å². The molecule has 0 aliphatic heterocycles. The Kier molecular flexibility index (Phi) is 5.46. The molecule has 1 aromatic carbocycles. The second-order valence-corrected chi connectivity index (χ2v) is 6.77. The number of carbonyl (C=O) groups excluding carboxylic acids is 1. The smallest absolute Gasteiger partial charge is 0.348 e. The van der Waals surface area contributed by atoms with Gasteiger partial charge in [0.1, 0.15) is 32.8 Å². The predicted molar refractivity (Wildman–Crippen MR) is 106 cm³/mol. The summed E-state index contributed by atoms with van der Waals surface area (Å²) in [7, 11) is 3.19. The number of esters is 1. The highest BCUT2D eigenvalue weighted by molar-refractivity contribution is 7.20. The quantitative estimate of drug-likeness (QED) is 0.633. The summed E-state index contributed by atoms with van der Waals surface area (Å²) in [6, 6.07) is 5.48. The van der Waals surface area contributed by atoms with Crippen LogP contribution < -0.4 is 14.8 Å². The molecule has 0 atom stereocenters. The average molecular weight is 387 g/mol. The lowest BCUT2D eigenvalue weighted by Gasteiger charge is -2.13. The molecule has 0 radical (unpaired) electrons. The van der Waals surface area contributed by atoms with Gasteiger partial charge in [-0.25, -0.2) is 14.8 Å². The van der Waals surface area contributed by atoms with Crippen LogP contribution in [0.25, 0.3) is 10.2 Å². The zero-order valence-electron chi connectivity index (χ0n) is 15.9. The molecule has 8 heteroatoms. The molecule has 0 fully saturated rings. The van der Waals surface area contributed by atoms with E-state index in [1.54, 1.807) is 27.2 Å². The topological polar surface area (TPSA) is 82.6 Å². The molecule has 2 heterocycles. The summed E-state index contributed by atoms with van der Waals surface area (Å²) in [5.41, 5.74) is 1.53. The third-order valence-corrected chi connectivity index (χ3v) is 5.19. The van der Waals surface area contributed by atoms with Crippen LogP contribution in [0.1, 0.15) is 28.0 Å². The van der Waals surface area contributed by atoms with Gasteiger partial charge in [-0.15, -0.1) is 11.3 Å². The second-order valence-electron chi connectivity index (χ2n) is 5.77. The van der Waals surface area contributed by atoms with Crippen LogP contribution in [0.5, 0.6) is 11.5 Å². The van der Waals surface area contributed by atoms with Crippen molar-refractivity contribution in [2.24, 2.45) is 0 Å². The maximum Gasteiger partial charge on any atom is 0.348 e. The SMILES string of the molecule is CCOC(=O)c1sc2nc(C)nc(Nc3ccc(OC)cc3OC)c2c1C. The molecule has 0 amide bonds. The lowest BCUT2D eigenvalue weighted by molar-refractivity contribution is 0.0531. The minimum Gasteiger partial charge on any atom is -0.497 e. The van der Waals surface area contributed by atoms with Crippen LogP contribution in [0.15, 0.2) is 18.2 Å². The Balaban J connectivity index is 2.10. The first-order valence-corrected chi connectivity index (χ1v) is 9.24. The predicted octanol–water partition coefficient (Wildman–Crippen LogP) is 4.25. The molecule has 0 saturated carbocycles. The lowest BCUT2D eigenvalue weighted by atomic mass is 10.2. The average Bonchev–Trinajstić information content (AvgIpc) is 2.98. The Morgan fingerprint density at radius 1 is 1.19 bits per heavy atom. The fraction of sp³-hybridized carbons (Fsp3) is 0.316. The van der Waals surface area contributed by atoms with Gasteiger partial charge in [-0.1, -0.05) is 0 Å². The normalized spacial score (nSPS) is 10.7. The highest BCUT2D eigenvalue weighted by atomic mass is 32.1. The number of fused-ring (bicyclic) bond motifs is 1. The molecule has 0 unspecified atom stereocenters. The number of benzene rings is 1. The number of hydrogen-bond acceptors (Lipinski definition) is 8. The number of aromatic nitrogens is 2. The van der Waals surface area contributed by atoms with Gasteiger partial charge in [-0.2, -0.15) is 0 Å². The molecule has 0 saturated heterocycles. The molecule has 0 aliphatic carbocycles. The summed E-state index contributed by atoms with van der Waals surface area (Å²) < 4.78 is 15.8. The number of thiophene rings is 1. The van der Waals surface area contributed by atoms with E-state index in [0.29, 0.717) is 34.6 Å². The zero-order chi connectivity index (χ0) is 19.6. The van der Waals surface area contributed by atoms with Gasteiger partial charge in [-0.3, -0.25) is 0 Å². The minimum absolute atomic E-state index is 0.325. The van der Waals surface area contributed by atoms with Crippen LogP contribution >= 0.6 is 11.3 Å². The van der Waals surface area contributed by atoms with Gasteiger partial charge in [0.05, 0.1) is 31.9 Å². The molecule has 3 rings (SSSR count). The van der Waals surface area contributed by atoms with E-state index in [2.05, 4.69) is 15.3 Å². The Morgan fingerprint density at radius 2 is 1.96 bits per heavy atom. The molecular formula is C19H21N3O4S. The molecule has 27 heavy (non-hydrogen) atoms. The third kappa shape index (κ3) is 3.66. The van der Waals surface area contributed by atoms with Crippen LogP contribution in [-0.2, 0) is 4.74 Å². The van der Waals surface area contributed by atoms with Crippen molar-refractivity contribution in [1.29, 1.82) is 0 Å². The number of rotatable bonds is 6. The van der Waals surface area contributed by atoms with Crippen molar-refractivity contribution in [2.45, 2.75) is 20.8 Å². The monoisotopic (exact) mass is 387 g/mol. The minimum atomic E-state index is -0.344. The van der Waals surface area contributed by atoms with Crippen LogP contribution in [0.4, 0.5) is 11.5 Å². The Bertz CT molecular complexity index is 1000. The summed E-state index contributed by atoms with van der Waals surface area (Å²) in [4.78, 5) is 22.5. The van der Waals surface area contributed by atoms with Gasteiger partial charge in [0.2, 0.25) is 0 Å². The summed E-state index contributed by atoms with van der Waals surface area (Å²) >= 11 is 1.31. The molecule has 0 bridgehead atoms. The summed E-state index contributed by atoms with van der Waals surface area (Å²) in [6.07, 6.45) is 0. The maximum absolute atomic E-state index is 12.2. The summed E-state index contributed by atoms with van der Waals surface area (Å²) in [5, 5.41) is 4.10. The van der Waals surface area contributed by atoms with Gasteiger partial charge in [-0.05, 0) is 38.5 Å². The van der Waals surface area contributed by atoms with Crippen LogP contribution in [0, 0.1) is 13.8 Å². The first-order valence-electron chi connectivity index (χ1n) is 8.42. The van der Waals surface area contributed by atoms with Crippen molar-refractivity contribution >= 4 is 39.0 Å². The molecule has 0 aliphatic rings. The van der Waals surface area contributed by atoms with Crippen molar-refractivity contribution < 1.29 is 19.0 Å². The fourth-order valence-corrected chi connectivity index (χ4v) is 3.88. The molecule has 3 aromatic rings. The van der Waals surface area contributed by atoms with Gasteiger partial charge in [0.15, 0.2) is 0 Å². The molecule has 0 spiro atoms. The van der Waals surface area contributed by atoms with Gasteiger partial charge < -0.3 is 19.5 Å². The summed E-state index contributed by atoms with van der Waals surface area (Å²) in [5.74, 6) is 2.19. The number of carbonyl (C=O) groups is 1. The van der Waals surface area contributed by atoms with Crippen molar-refractivity contribution in [2.75, 3.05) is 26.1 Å². The molecule has 142 valence electrons. The van der Waals surface area contributed by atoms with Crippen LogP contribution in [-0.4, -0.2) is 36.8 Å². The standard InChI is InChI=1S/C19H21N3O4S/c1-6-26-19(23)16-10(2)15-17(20-11(3)21-18(15)27-16)22-13-8-7-12(24-4)9-14(13)25-5/h7-9H,6H2,1-5H3,(H,20,21,22). The fourth-order valence-electron chi connectivity index (χ4n) is 2.76. The van der Waals surface area contributed by atoms with E-state index in [9.17, 15) is 4.79 Å². The number of nitrogens with one attached hydrogen (secondary N) is 1. The van der Waals surface area contributed by atoms with Crippen LogP contribution in [0.3, 0.4) is 0 Å². The largest absolute Gasteiger partial charge is 0.497 e. The molecule has 2 aromatic heterocycles. The number of methoxy groups -OCH3 is 2. The highest BCUT2D eigenvalue weighted by Gasteiger charge is 2.21. The van der Waals surface area contributed by atoms with Crippen molar-refractivity contribution in [3.05, 3.63) is 34.5 Å². The van der Waals surface area contributed by atoms with Crippen molar-refractivity contribution in [3.8, 4) is 11.5 Å². The number of ether oxygens (including phenoxy) is 3. The number of anilines is 2. The lowest BCUT2D eigenvalue weighted by Crippen LogP contribution is -2.04. The van der Waals surface area contributed by atoms with Crippen molar-refractivity contribution in [1.82, 2.24) is 9.97 Å². The Hall–Kier alpha value is -2.87. The van der Waals surface area contributed by atoms with E-state index in [4.69, 9.17) is 14.2 Å². The number of aryl methyl sites for hydroxylation is 2. The Morgan fingerprint density at radius 3 is 2.63 bits per heavy atom. The van der Waals surface area contributed by atoms with E-state index < -0.39 is 0 Å². The van der Waals surface area contributed by atoms with E-state index >= 15 is 0 Å². The summed E-state index contributed by atoms with van der Waals surface area (Å²) in [6.45, 7) is 5.80. The number of hydrogen-bond donors (Lipinski definition) is 1. The third-order valence-electron chi connectivity index (χ3n) is 4.02.